The smallest absolute Gasteiger partial charge is 0.240 e. The highest BCUT2D eigenvalue weighted by Gasteiger charge is 2.27. The molecule has 0 aliphatic heterocycles. The van der Waals surface area contributed by atoms with E-state index in [0.29, 0.717) is 0 Å². The number of benzene rings is 1. The Balaban J connectivity index is 2.17. The predicted molar refractivity (Wildman–Crippen MR) is 92.4 cm³/mol. The molecule has 4 N–H and O–H groups in total. The van der Waals surface area contributed by atoms with Gasteiger partial charge in [-0.1, -0.05) is 19.3 Å². The van der Waals surface area contributed by atoms with Crippen molar-refractivity contribution in [2.75, 3.05) is 13.6 Å². The van der Waals surface area contributed by atoms with E-state index in [1.54, 1.807) is 0 Å². The molecule has 0 spiro atoms. The van der Waals surface area contributed by atoms with Crippen molar-refractivity contribution in [3.63, 3.8) is 0 Å². The van der Waals surface area contributed by atoms with E-state index in [0.717, 1.165) is 25.7 Å². The van der Waals surface area contributed by atoms with Crippen molar-refractivity contribution in [3.05, 3.63) is 24.3 Å². The van der Waals surface area contributed by atoms with Crippen LogP contribution < -0.4 is 15.2 Å². The average molecular weight is 376 g/mol. The molecule has 0 heterocycles. The number of nitrogens with two attached hydrogens (primary N) is 1. The summed E-state index contributed by atoms with van der Waals surface area (Å²) in [6.07, 6.45) is 5.33. The molecular formula is C15H25N3O4S2. The molecule has 1 aromatic carbocycles. The van der Waals surface area contributed by atoms with Gasteiger partial charge < -0.3 is 5.73 Å². The third-order valence-electron chi connectivity index (χ3n) is 4.49. The summed E-state index contributed by atoms with van der Waals surface area (Å²) in [6.45, 7) is 0.246. The summed E-state index contributed by atoms with van der Waals surface area (Å²) >= 11 is 0. The minimum Gasteiger partial charge on any atom is -0.329 e. The molecular weight excluding hydrogens is 350 g/mol. The van der Waals surface area contributed by atoms with Crippen LogP contribution in [0.1, 0.15) is 32.1 Å². The predicted octanol–water partition coefficient (Wildman–Crippen LogP) is 0.781. The lowest BCUT2D eigenvalue weighted by Gasteiger charge is -2.29. The largest absolute Gasteiger partial charge is 0.329 e. The highest BCUT2D eigenvalue weighted by molar-refractivity contribution is 7.90. The van der Waals surface area contributed by atoms with E-state index in [2.05, 4.69) is 9.44 Å². The molecule has 1 aliphatic rings. The van der Waals surface area contributed by atoms with Crippen molar-refractivity contribution in [2.24, 2.45) is 11.7 Å². The van der Waals surface area contributed by atoms with Gasteiger partial charge in [0.05, 0.1) is 9.79 Å². The van der Waals surface area contributed by atoms with E-state index < -0.39 is 20.0 Å². The lowest BCUT2D eigenvalue weighted by atomic mass is 9.84. The fourth-order valence-electron chi connectivity index (χ4n) is 3.06. The van der Waals surface area contributed by atoms with Gasteiger partial charge in [0.1, 0.15) is 0 Å². The quantitative estimate of drug-likeness (QED) is 0.651. The molecule has 0 amide bonds. The molecule has 1 aliphatic carbocycles. The Hall–Kier alpha value is -1.00. The summed E-state index contributed by atoms with van der Waals surface area (Å²) in [5, 5.41) is 0. The van der Waals surface area contributed by atoms with Crippen LogP contribution >= 0.6 is 0 Å². The van der Waals surface area contributed by atoms with E-state index >= 15 is 0 Å². The van der Waals surface area contributed by atoms with E-state index in [1.165, 1.54) is 37.7 Å². The topological polar surface area (TPSA) is 118 Å². The normalized spacial score (nSPS) is 18.4. The lowest BCUT2D eigenvalue weighted by Crippen LogP contribution is -2.45. The molecule has 1 unspecified atom stereocenters. The molecule has 1 atom stereocenters. The molecule has 24 heavy (non-hydrogen) atoms. The average Bonchev–Trinajstić information content (AvgIpc) is 2.60. The van der Waals surface area contributed by atoms with Gasteiger partial charge in [-0.15, -0.1) is 0 Å². The first kappa shape index (κ1) is 19.3. The van der Waals surface area contributed by atoms with Crippen molar-refractivity contribution in [1.29, 1.82) is 0 Å². The second kappa shape index (κ2) is 7.92. The van der Waals surface area contributed by atoms with Crippen molar-refractivity contribution in [1.82, 2.24) is 9.44 Å². The zero-order valence-corrected chi connectivity index (χ0v) is 15.4. The van der Waals surface area contributed by atoms with Crippen LogP contribution in [0, 0.1) is 5.92 Å². The van der Waals surface area contributed by atoms with Crippen molar-refractivity contribution < 1.29 is 16.8 Å². The third kappa shape index (κ3) is 4.54. The Bertz CT molecular complexity index is 739. The Morgan fingerprint density at radius 2 is 1.50 bits per heavy atom. The molecule has 0 aromatic heterocycles. The fourth-order valence-corrected chi connectivity index (χ4v) is 5.10. The lowest BCUT2D eigenvalue weighted by molar-refractivity contribution is 0.294. The summed E-state index contributed by atoms with van der Waals surface area (Å²) < 4.78 is 53.4. The van der Waals surface area contributed by atoms with Gasteiger partial charge in [0.25, 0.3) is 0 Å². The summed E-state index contributed by atoms with van der Waals surface area (Å²) in [5.41, 5.74) is 5.77. The first-order chi connectivity index (χ1) is 11.3. The SMILES string of the molecule is CNS(=O)(=O)c1ccc(S(=O)(=O)NC(CN)C2CCCCC2)cc1. The zero-order chi connectivity index (χ0) is 17.8. The highest BCUT2D eigenvalue weighted by atomic mass is 32.2. The van der Waals surface area contributed by atoms with Crippen LogP contribution in [0.15, 0.2) is 34.1 Å². The second-order valence-electron chi connectivity index (χ2n) is 6.04. The van der Waals surface area contributed by atoms with Gasteiger partial charge in [0.15, 0.2) is 0 Å². The van der Waals surface area contributed by atoms with Gasteiger partial charge in [-0.2, -0.15) is 0 Å². The van der Waals surface area contributed by atoms with Crippen molar-refractivity contribution in [3.8, 4) is 0 Å². The van der Waals surface area contributed by atoms with Gasteiger partial charge >= 0.3 is 0 Å². The minimum absolute atomic E-state index is 0.0200. The maximum atomic E-state index is 12.5. The Kier molecular flexibility index (Phi) is 6.38. The van der Waals surface area contributed by atoms with Crippen LogP contribution in [0.4, 0.5) is 0 Å². The Morgan fingerprint density at radius 3 is 1.96 bits per heavy atom. The number of rotatable bonds is 7. The molecule has 136 valence electrons. The first-order valence-corrected chi connectivity index (χ1v) is 11.0. The van der Waals surface area contributed by atoms with Gasteiger partial charge in [-0.25, -0.2) is 26.3 Å². The maximum absolute atomic E-state index is 12.5. The summed E-state index contributed by atoms with van der Waals surface area (Å²) in [6, 6.07) is 4.84. The van der Waals surface area contributed by atoms with Crippen molar-refractivity contribution >= 4 is 20.0 Å². The zero-order valence-electron chi connectivity index (χ0n) is 13.7. The van der Waals surface area contributed by atoms with Crippen molar-refractivity contribution in [2.45, 2.75) is 47.9 Å². The maximum Gasteiger partial charge on any atom is 0.240 e. The summed E-state index contributed by atoms with van der Waals surface area (Å²) in [7, 11) is -6.02. The molecule has 1 saturated carbocycles. The molecule has 9 heteroatoms. The van der Waals surface area contributed by atoms with Gasteiger partial charge in [-0.3, -0.25) is 0 Å². The molecule has 7 nitrogen and oxygen atoms in total. The van der Waals surface area contributed by atoms with E-state index in [4.69, 9.17) is 5.73 Å². The van der Waals surface area contributed by atoms with Gasteiger partial charge in [0, 0.05) is 12.6 Å². The summed E-state index contributed by atoms with van der Waals surface area (Å²) in [4.78, 5) is 0.0541. The van der Waals surface area contributed by atoms with Gasteiger partial charge in [0.2, 0.25) is 20.0 Å². The Morgan fingerprint density at radius 1 is 1.00 bits per heavy atom. The number of hydrogen-bond donors (Lipinski definition) is 3. The first-order valence-electron chi connectivity index (χ1n) is 8.06. The van der Waals surface area contributed by atoms with Crippen LogP contribution in [-0.4, -0.2) is 36.5 Å². The van der Waals surface area contributed by atoms with Crippen LogP contribution in [0.5, 0.6) is 0 Å². The van der Waals surface area contributed by atoms with Gasteiger partial charge in [-0.05, 0) is 50.1 Å². The molecule has 0 bridgehead atoms. The Labute approximate surface area is 144 Å². The molecule has 1 fully saturated rings. The standard InChI is InChI=1S/C15H25N3O4S2/c1-17-23(19,20)13-7-9-14(10-8-13)24(21,22)18-15(11-16)12-5-3-2-4-6-12/h7-10,12,15,17-18H,2-6,11,16H2,1H3. The number of nitrogens with one attached hydrogen (secondary N) is 2. The highest BCUT2D eigenvalue weighted by Crippen LogP contribution is 2.27. The monoisotopic (exact) mass is 375 g/mol. The van der Waals surface area contributed by atoms with Crippen LogP contribution in [0.3, 0.4) is 0 Å². The minimum atomic E-state index is -3.74. The van der Waals surface area contributed by atoms with Crippen LogP contribution in [0.25, 0.3) is 0 Å². The number of hydrogen-bond acceptors (Lipinski definition) is 5. The van der Waals surface area contributed by atoms with E-state index in [9.17, 15) is 16.8 Å². The molecule has 0 radical (unpaired) electrons. The molecule has 2 rings (SSSR count). The molecule has 0 saturated heterocycles. The van der Waals surface area contributed by atoms with E-state index in [-0.39, 0.29) is 28.3 Å². The third-order valence-corrected chi connectivity index (χ3v) is 7.43. The van der Waals surface area contributed by atoms with Crippen LogP contribution in [-0.2, 0) is 20.0 Å². The summed E-state index contributed by atoms with van der Waals surface area (Å²) in [5.74, 6) is 0.252. The molecule has 1 aromatic rings. The fraction of sp³-hybridized carbons (Fsp3) is 0.600. The van der Waals surface area contributed by atoms with E-state index in [1.807, 2.05) is 0 Å². The number of sulfonamides is 2. The van der Waals surface area contributed by atoms with Crippen LogP contribution in [0.2, 0.25) is 0 Å². The second-order valence-corrected chi connectivity index (χ2v) is 9.64.